The van der Waals surface area contributed by atoms with Crippen molar-refractivity contribution in [2.24, 2.45) is 5.92 Å². The van der Waals surface area contributed by atoms with E-state index in [4.69, 9.17) is 5.11 Å². The fraction of sp³-hybridized carbons (Fsp3) is 0.238. The van der Waals surface area contributed by atoms with Crippen molar-refractivity contribution in [1.29, 1.82) is 0 Å². The van der Waals surface area contributed by atoms with Gasteiger partial charge in [0.25, 0.3) is 5.91 Å². The summed E-state index contributed by atoms with van der Waals surface area (Å²) in [4.78, 5) is 49.9. The third-order valence-corrected chi connectivity index (χ3v) is 4.89. The lowest BCUT2D eigenvalue weighted by Crippen LogP contribution is -2.46. The van der Waals surface area contributed by atoms with Crippen LogP contribution in [0, 0.1) is 5.92 Å². The lowest BCUT2D eigenvalue weighted by molar-refractivity contribution is -0.141. The SMILES string of the molecule is CC(C(=O)NCC(=O)O)C(=O)NC1C(=O)N(C)c2ccccc2-c2ccccc21. The zero-order valence-corrected chi connectivity index (χ0v) is 16.0. The first-order valence-electron chi connectivity index (χ1n) is 9.07. The highest BCUT2D eigenvalue weighted by molar-refractivity contribution is 6.08. The van der Waals surface area contributed by atoms with E-state index >= 15 is 0 Å². The fourth-order valence-electron chi connectivity index (χ4n) is 3.27. The van der Waals surface area contributed by atoms with E-state index in [0.717, 1.165) is 11.1 Å². The summed E-state index contributed by atoms with van der Waals surface area (Å²) in [7, 11) is 1.63. The molecule has 3 rings (SSSR count). The molecular weight excluding hydrogens is 374 g/mol. The van der Waals surface area contributed by atoms with E-state index in [0.29, 0.717) is 11.3 Å². The molecule has 0 saturated carbocycles. The highest BCUT2D eigenvalue weighted by atomic mass is 16.4. The Morgan fingerprint density at radius 1 is 1.03 bits per heavy atom. The molecule has 150 valence electrons. The first-order valence-corrected chi connectivity index (χ1v) is 9.07. The molecule has 0 aromatic heterocycles. The molecule has 29 heavy (non-hydrogen) atoms. The molecule has 1 aliphatic heterocycles. The maximum atomic E-state index is 13.1. The Bertz CT molecular complexity index is 988. The van der Waals surface area contributed by atoms with Gasteiger partial charge in [0.1, 0.15) is 18.5 Å². The summed E-state index contributed by atoms with van der Waals surface area (Å²) in [6.45, 7) is 0.776. The van der Waals surface area contributed by atoms with E-state index in [2.05, 4.69) is 10.6 Å². The number of fused-ring (bicyclic) bond motifs is 3. The van der Waals surface area contributed by atoms with Gasteiger partial charge < -0.3 is 20.6 Å². The van der Waals surface area contributed by atoms with Crippen LogP contribution in [0.1, 0.15) is 18.5 Å². The Labute approximate surface area is 167 Å². The molecule has 0 saturated heterocycles. The highest BCUT2D eigenvalue weighted by Crippen LogP contribution is 2.39. The van der Waals surface area contributed by atoms with Crippen LogP contribution in [0.2, 0.25) is 0 Å². The number of benzene rings is 2. The summed E-state index contributed by atoms with van der Waals surface area (Å²) in [6.07, 6.45) is 0. The van der Waals surface area contributed by atoms with E-state index in [1.54, 1.807) is 19.2 Å². The summed E-state index contributed by atoms with van der Waals surface area (Å²) < 4.78 is 0. The molecule has 8 heteroatoms. The van der Waals surface area contributed by atoms with Crippen LogP contribution < -0.4 is 15.5 Å². The van der Waals surface area contributed by atoms with Crippen molar-refractivity contribution in [2.75, 3.05) is 18.5 Å². The second kappa shape index (κ2) is 8.14. The molecule has 1 aliphatic rings. The lowest BCUT2D eigenvalue weighted by atomic mass is 9.95. The number of likely N-dealkylation sites (N-methyl/N-ethyl adjacent to an activating group) is 1. The summed E-state index contributed by atoms with van der Waals surface area (Å²) in [5.74, 6) is -4.10. The fourth-order valence-corrected chi connectivity index (χ4v) is 3.27. The van der Waals surface area contributed by atoms with Gasteiger partial charge in [-0.25, -0.2) is 0 Å². The molecule has 3 N–H and O–H groups in total. The molecular formula is C21H21N3O5. The van der Waals surface area contributed by atoms with E-state index in [-0.39, 0.29) is 5.91 Å². The number of hydrogen-bond acceptors (Lipinski definition) is 4. The van der Waals surface area contributed by atoms with Crippen LogP contribution in [-0.2, 0) is 19.2 Å². The smallest absolute Gasteiger partial charge is 0.322 e. The van der Waals surface area contributed by atoms with Crippen LogP contribution >= 0.6 is 0 Å². The molecule has 0 radical (unpaired) electrons. The number of carbonyl (C=O) groups excluding carboxylic acids is 3. The molecule has 2 unspecified atom stereocenters. The van der Waals surface area contributed by atoms with Gasteiger partial charge in [0.05, 0.1) is 5.69 Å². The number of nitrogens with one attached hydrogen (secondary N) is 2. The minimum Gasteiger partial charge on any atom is -0.480 e. The topological polar surface area (TPSA) is 116 Å². The van der Waals surface area contributed by atoms with Crippen molar-refractivity contribution in [3.05, 3.63) is 54.1 Å². The third-order valence-electron chi connectivity index (χ3n) is 4.89. The number of nitrogens with zero attached hydrogens (tertiary/aromatic N) is 1. The number of para-hydroxylation sites is 1. The molecule has 1 heterocycles. The number of hydrogen-bond donors (Lipinski definition) is 3. The number of carboxylic acid groups (broad SMARTS) is 1. The average Bonchev–Trinajstić information content (AvgIpc) is 2.81. The number of amides is 3. The summed E-state index contributed by atoms with van der Waals surface area (Å²) in [6, 6.07) is 13.7. The van der Waals surface area contributed by atoms with Crippen LogP contribution in [0.4, 0.5) is 5.69 Å². The molecule has 3 amide bonds. The second-order valence-corrected chi connectivity index (χ2v) is 6.78. The molecule has 2 aromatic rings. The molecule has 0 aliphatic carbocycles. The third kappa shape index (κ3) is 3.96. The standard InChI is InChI=1S/C21H21N3O5/c1-12(19(27)22-11-17(25)26)20(28)23-18-15-9-4-3-7-13(15)14-8-5-6-10-16(14)24(2)21(18)29/h3-10,12,18H,11H2,1-2H3,(H,22,27)(H,23,28)(H,25,26). The minimum absolute atomic E-state index is 0.339. The monoisotopic (exact) mass is 395 g/mol. The maximum Gasteiger partial charge on any atom is 0.322 e. The van der Waals surface area contributed by atoms with Crippen molar-refractivity contribution in [3.63, 3.8) is 0 Å². The zero-order chi connectivity index (χ0) is 21.1. The largest absolute Gasteiger partial charge is 0.480 e. The Morgan fingerprint density at radius 3 is 2.34 bits per heavy atom. The Kier molecular flexibility index (Phi) is 5.63. The van der Waals surface area contributed by atoms with Crippen LogP contribution in [0.5, 0.6) is 0 Å². The first-order chi connectivity index (χ1) is 13.8. The Morgan fingerprint density at radius 2 is 1.66 bits per heavy atom. The number of carboxylic acids is 1. The normalized spacial score (nSPS) is 16.1. The van der Waals surface area contributed by atoms with E-state index in [1.807, 2.05) is 36.4 Å². The highest BCUT2D eigenvalue weighted by Gasteiger charge is 2.34. The van der Waals surface area contributed by atoms with Crippen molar-refractivity contribution >= 4 is 29.4 Å². The summed E-state index contributed by atoms with van der Waals surface area (Å²) >= 11 is 0. The zero-order valence-electron chi connectivity index (χ0n) is 16.0. The number of aliphatic carboxylic acids is 1. The van der Waals surface area contributed by atoms with Crippen LogP contribution in [0.3, 0.4) is 0 Å². The van der Waals surface area contributed by atoms with Gasteiger partial charge in [-0.2, -0.15) is 0 Å². The van der Waals surface area contributed by atoms with E-state index < -0.39 is 36.3 Å². The first kappa shape index (κ1) is 20.1. The quantitative estimate of drug-likeness (QED) is 0.661. The summed E-state index contributed by atoms with van der Waals surface area (Å²) in [5, 5.41) is 13.5. The molecule has 0 bridgehead atoms. The number of rotatable bonds is 5. The van der Waals surface area contributed by atoms with Gasteiger partial charge >= 0.3 is 5.97 Å². The van der Waals surface area contributed by atoms with E-state index in [1.165, 1.54) is 11.8 Å². The number of anilines is 1. The van der Waals surface area contributed by atoms with E-state index in [9.17, 15) is 19.2 Å². The van der Waals surface area contributed by atoms with Crippen molar-refractivity contribution in [1.82, 2.24) is 10.6 Å². The molecule has 0 spiro atoms. The van der Waals surface area contributed by atoms with Crippen LogP contribution in [0.15, 0.2) is 48.5 Å². The molecule has 8 nitrogen and oxygen atoms in total. The predicted octanol–water partition coefficient (Wildman–Crippen LogP) is 1.32. The van der Waals surface area contributed by atoms with Crippen LogP contribution in [-0.4, -0.2) is 42.4 Å². The Hall–Kier alpha value is -3.68. The minimum atomic E-state index is -1.21. The van der Waals surface area contributed by atoms with Crippen LogP contribution in [0.25, 0.3) is 11.1 Å². The van der Waals surface area contributed by atoms with Crippen molar-refractivity contribution in [3.8, 4) is 11.1 Å². The molecule has 0 fully saturated rings. The average molecular weight is 395 g/mol. The summed E-state index contributed by atoms with van der Waals surface area (Å²) in [5.41, 5.74) is 3.02. The molecule has 2 atom stereocenters. The maximum absolute atomic E-state index is 13.1. The van der Waals surface area contributed by atoms with Gasteiger partial charge in [0.2, 0.25) is 11.8 Å². The molecule has 2 aromatic carbocycles. The van der Waals surface area contributed by atoms with Gasteiger partial charge in [-0.3, -0.25) is 19.2 Å². The Balaban J connectivity index is 1.92. The lowest BCUT2D eigenvalue weighted by Gasteiger charge is -2.24. The predicted molar refractivity (Wildman–Crippen MR) is 106 cm³/mol. The second-order valence-electron chi connectivity index (χ2n) is 6.78. The van der Waals surface area contributed by atoms with Gasteiger partial charge in [0, 0.05) is 12.6 Å². The van der Waals surface area contributed by atoms with Gasteiger partial charge in [-0.15, -0.1) is 0 Å². The van der Waals surface area contributed by atoms with Crippen molar-refractivity contribution < 1.29 is 24.3 Å². The van der Waals surface area contributed by atoms with Gasteiger partial charge in [-0.05, 0) is 24.1 Å². The van der Waals surface area contributed by atoms with Crippen molar-refractivity contribution in [2.45, 2.75) is 13.0 Å². The number of carbonyl (C=O) groups is 4. The van der Waals surface area contributed by atoms with Gasteiger partial charge in [0.15, 0.2) is 0 Å². The van der Waals surface area contributed by atoms with Gasteiger partial charge in [-0.1, -0.05) is 42.5 Å².